The number of carbonyl (C=O) groups excluding carboxylic acids is 1. The first-order valence-electron chi connectivity index (χ1n) is 13.0. The molecule has 0 radical (unpaired) electrons. The number of hydrogen-bond acceptors (Lipinski definition) is 5. The van der Waals surface area contributed by atoms with E-state index in [4.69, 9.17) is 4.52 Å². The first-order valence-corrected chi connectivity index (χ1v) is 13.0. The van der Waals surface area contributed by atoms with E-state index in [-0.39, 0.29) is 35.4 Å². The van der Waals surface area contributed by atoms with Crippen LogP contribution in [0.3, 0.4) is 0 Å². The van der Waals surface area contributed by atoms with Crippen molar-refractivity contribution in [3.63, 3.8) is 0 Å². The van der Waals surface area contributed by atoms with Crippen LogP contribution in [0.1, 0.15) is 66.2 Å². The normalized spacial score (nSPS) is 22.7. The van der Waals surface area contributed by atoms with Crippen LogP contribution in [0.4, 0.5) is 22.0 Å². The standard InChI is InChI=1S/C28H29F5N4O2/c29-15-18-11-19(13-22(12-18)28(31,32)33)16-34-25(38)27(26-35-17-36-39-26)8-5-24(14-27)37-9-6-21(7-10-37)20-1-3-23(30)4-2-20/h1-4,11-13,17,21,24H,5-10,14-16H2,(H,34,38). The number of amides is 1. The number of nitrogens with zero attached hydrogens (tertiary/aromatic N) is 3. The van der Waals surface area contributed by atoms with Gasteiger partial charge in [0, 0.05) is 12.6 Å². The van der Waals surface area contributed by atoms with E-state index in [1.165, 1.54) is 24.5 Å². The lowest BCUT2D eigenvalue weighted by Gasteiger charge is -2.37. The van der Waals surface area contributed by atoms with Crippen molar-refractivity contribution >= 4 is 5.91 Å². The van der Waals surface area contributed by atoms with Crippen LogP contribution in [0.25, 0.3) is 0 Å². The second kappa shape index (κ2) is 11.0. The summed E-state index contributed by atoms with van der Waals surface area (Å²) in [6.07, 6.45) is 0.0155. The van der Waals surface area contributed by atoms with Crippen LogP contribution in [-0.4, -0.2) is 40.1 Å². The zero-order chi connectivity index (χ0) is 27.6. The third-order valence-electron chi connectivity index (χ3n) is 8.07. The molecular formula is C28H29F5N4O2. The first-order chi connectivity index (χ1) is 18.7. The van der Waals surface area contributed by atoms with E-state index in [1.807, 2.05) is 12.1 Å². The molecule has 1 aromatic heterocycles. The minimum Gasteiger partial charge on any atom is -0.351 e. The average molecular weight is 549 g/mol. The van der Waals surface area contributed by atoms with Crippen molar-refractivity contribution in [2.24, 2.45) is 0 Å². The highest BCUT2D eigenvalue weighted by atomic mass is 19.4. The molecule has 1 saturated carbocycles. The van der Waals surface area contributed by atoms with Crippen molar-refractivity contribution < 1.29 is 31.3 Å². The molecule has 1 saturated heterocycles. The Morgan fingerprint density at radius 1 is 1.08 bits per heavy atom. The van der Waals surface area contributed by atoms with Crippen LogP contribution in [0.2, 0.25) is 0 Å². The lowest BCUT2D eigenvalue weighted by molar-refractivity contribution is -0.137. The van der Waals surface area contributed by atoms with Gasteiger partial charge >= 0.3 is 6.18 Å². The van der Waals surface area contributed by atoms with Gasteiger partial charge < -0.3 is 14.7 Å². The number of benzene rings is 2. The molecule has 5 rings (SSSR count). The highest BCUT2D eigenvalue weighted by molar-refractivity contribution is 5.87. The van der Waals surface area contributed by atoms with Gasteiger partial charge in [0.15, 0.2) is 6.33 Å². The van der Waals surface area contributed by atoms with Crippen LogP contribution >= 0.6 is 0 Å². The van der Waals surface area contributed by atoms with E-state index in [2.05, 4.69) is 20.4 Å². The van der Waals surface area contributed by atoms with Gasteiger partial charge in [-0.1, -0.05) is 23.4 Å². The molecule has 2 fully saturated rings. The van der Waals surface area contributed by atoms with E-state index < -0.39 is 29.7 Å². The van der Waals surface area contributed by atoms with Gasteiger partial charge in [-0.05, 0) is 92.1 Å². The number of hydrogen-bond donors (Lipinski definition) is 1. The Hall–Kier alpha value is -3.34. The van der Waals surface area contributed by atoms with Crippen molar-refractivity contribution in [2.45, 2.75) is 68.9 Å². The summed E-state index contributed by atoms with van der Waals surface area (Å²) in [5.41, 5.74) is -0.903. The molecule has 208 valence electrons. The molecule has 2 heterocycles. The fourth-order valence-electron chi connectivity index (χ4n) is 6.00. The number of carbonyl (C=O) groups is 1. The Kier molecular flexibility index (Phi) is 7.70. The molecule has 3 aromatic rings. The third kappa shape index (κ3) is 5.83. The topological polar surface area (TPSA) is 71.3 Å². The summed E-state index contributed by atoms with van der Waals surface area (Å²) >= 11 is 0. The molecule has 0 spiro atoms. The number of halogens is 5. The van der Waals surface area contributed by atoms with Gasteiger partial charge in [-0.3, -0.25) is 4.79 Å². The maximum Gasteiger partial charge on any atom is 0.416 e. The molecule has 2 aliphatic rings. The second-order valence-electron chi connectivity index (χ2n) is 10.4. The molecule has 1 aliphatic heterocycles. The van der Waals surface area contributed by atoms with E-state index in [0.29, 0.717) is 25.2 Å². The molecule has 0 bridgehead atoms. The Morgan fingerprint density at radius 3 is 2.44 bits per heavy atom. The van der Waals surface area contributed by atoms with Crippen molar-refractivity contribution in [1.29, 1.82) is 0 Å². The molecule has 39 heavy (non-hydrogen) atoms. The zero-order valence-electron chi connectivity index (χ0n) is 21.2. The summed E-state index contributed by atoms with van der Waals surface area (Å²) < 4.78 is 71.7. The summed E-state index contributed by atoms with van der Waals surface area (Å²) in [6.45, 7) is 0.407. The van der Waals surface area contributed by atoms with Gasteiger partial charge in [0.25, 0.3) is 0 Å². The number of aromatic nitrogens is 2. The largest absolute Gasteiger partial charge is 0.416 e. The van der Waals surface area contributed by atoms with Crippen LogP contribution < -0.4 is 5.32 Å². The lowest BCUT2D eigenvalue weighted by atomic mass is 9.83. The Balaban J connectivity index is 1.27. The summed E-state index contributed by atoms with van der Waals surface area (Å²) in [7, 11) is 0. The first kappa shape index (κ1) is 27.2. The highest BCUT2D eigenvalue weighted by Gasteiger charge is 2.52. The predicted octanol–water partition coefficient (Wildman–Crippen LogP) is 5.68. The molecule has 1 aliphatic carbocycles. The van der Waals surface area contributed by atoms with Crippen molar-refractivity contribution in [1.82, 2.24) is 20.4 Å². The van der Waals surface area contributed by atoms with Gasteiger partial charge in [0.05, 0.1) is 5.56 Å². The molecule has 1 amide bonds. The minimum atomic E-state index is -4.63. The summed E-state index contributed by atoms with van der Waals surface area (Å²) in [6, 6.07) is 9.71. The number of rotatable bonds is 7. The van der Waals surface area contributed by atoms with Gasteiger partial charge in [-0.2, -0.15) is 18.2 Å². The Labute approximate surface area is 222 Å². The fourth-order valence-corrected chi connectivity index (χ4v) is 6.00. The highest BCUT2D eigenvalue weighted by Crippen LogP contribution is 2.44. The van der Waals surface area contributed by atoms with Crippen LogP contribution in [0.15, 0.2) is 53.3 Å². The van der Waals surface area contributed by atoms with E-state index in [1.54, 1.807) is 0 Å². The number of alkyl halides is 4. The maximum atomic E-state index is 13.6. The van der Waals surface area contributed by atoms with Gasteiger partial charge in [0.2, 0.25) is 11.8 Å². The van der Waals surface area contributed by atoms with Gasteiger partial charge in [0.1, 0.15) is 17.9 Å². The molecule has 2 unspecified atom stereocenters. The van der Waals surface area contributed by atoms with Crippen molar-refractivity contribution in [2.75, 3.05) is 13.1 Å². The number of likely N-dealkylation sites (tertiary alicyclic amines) is 1. The summed E-state index contributed by atoms with van der Waals surface area (Å²) in [4.78, 5) is 20.1. The van der Waals surface area contributed by atoms with Crippen LogP contribution in [-0.2, 0) is 29.6 Å². The SMILES string of the molecule is O=C(NCc1cc(CF)cc(C(F)(F)F)c1)C1(c2ncno2)CCC(N2CCC(c3ccc(F)cc3)CC2)C1. The average Bonchev–Trinajstić information content (AvgIpc) is 3.63. The van der Waals surface area contributed by atoms with E-state index in [0.717, 1.165) is 43.6 Å². The fraction of sp³-hybridized carbons (Fsp3) is 0.464. The minimum absolute atomic E-state index is 0.0866. The zero-order valence-corrected chi connectivity index (χ0v) is 21.2. The summed E-state index contributed by atoms with van der Waals surface area (Å²) in [5, 5.41) is 6.44. The summed E-state index contributed by atoms with van der Waals surface area (Å²) in [5.74, 6) is -0.144. The Morgan fingerprint density at radius 2 is 1.79 bits per heavy atom. The molecule has 6 nitrogen and oxygen atoms in total. The van der Waals surface area contributed by atoms with Crippen molar-refractivity contribution in [3.05, 3.63) is 82.8 Å². The quantitative estimate of drug-likeness (QED) is 0.385. The predicted molar refractivity (Wildman–Crippen MR) is 132 cm³/mol. The smallest absolute Gasteiger partial charge is 0.351 e. The number of piperidine rings is 1. The Bertz CT molecular complexity index is 1270. The van der Waals surface area contributed by atoms with Gasteiger partial charge in [-0.25, -0.2) is 8.78 Å². The van der Waals surface area contributed by atoms with E-state index in [9.17, 15) is 26.7 Å². The molecule has 11 heteroatoms. The van der Waals surface area contributed by atoms with Crippen LogP contribution in [0.5, 0.6) is 0 Å². The third-order valence-corrected chi connectivity index (χ3v) is 8.07. The van der Waals surface area contributed by atoms with E-state index >= 15 is 0 Å². The lowest BCUT2D eigenvalue weighted by Crippen LogP contribution is -2.45. The maximum absolute atomic E-state index is 13.6. The van der Waals surface area contributed by atoms with Gasteiger partial charge in [-0.15, -0.1) is 0 Å². The molecule has 2 atom stereocenters. The molecule has 2 aromatic carbocycles. The van der Waals surface area contributed by atoms with Crippen molar-refractivity contribution in [3.8, 4) is 0 Å². The molecular weight excluding hydrogens is 519 g/mol. The number of nitrogens with one attached hydrogen (secondary N) is 1. The van der Waals surface area contributed by atoms with Crippen LogP contribution in [0, 0.1) is 5.82 Å². The monoisotopic (exact) mass is 548 g/mol. The second-order valence-corrected chi connectivity index (χ2v) is 10.4. The molecule has 1 N–H and O–H groups in total.